The standard InChI is InChI=1S/C18H17BrCl2N2/c19-12-6-4-11(5-7-12)17-13(3-1-2-10-22)16-14(20)8-9-15(21)18(16)23-17/h4-9,23H,1-3,10,22H2. The molecule has 2 nitrogen and oxygen atoms in total. The first-order chi connectivity index (χ1) is 11.1. The van der Waals surface area contributed by atoms with Gasteiger partial charge in [0.25, 0.3) is 0 Å². The van der Waals surface area contributed by atoms with Crippen molar-refractivity contribution >= 4 is 50.0 Å². The number of halogens is 3. The molecule has 0 unspecified atom stereocenters. The Hall–Kier alpha value is -1.00. The Balaban J connectivity index is 2.19. The number of hydrogen-bond donors (Lipinski definition) is 2. The number of rotatable bonds is 5. The van der Waals surface area contributed by atoms with Crippen molar-refractivity contribution in [2.24, 2.45) is 5.73 Å². The lowest BCUT2D eigenvalue weighted by molar-refractivity contribution is 0.748. The van der Waals surface area contributed by atoms with Gasteiger partial charge in [0.2, 0.25) is 0 Å². The molecule has 0 atom stereocenters. The van der Waals surface area contributed by atoms with Crippen molar-refractivity contribution in [3.8, 4) is 11.3 Å². The summed E-state index contributed by atoms with van der Waals surface area (Å²) in [7, 11) is 0. The molecular formula is C18H17BrCl2N2. The predicted molar refractivity (Wildman–Crippen MR) is 103 cm³/mol. The summed E-state index contributed by atoms with van der Waals surface area (Å²) in [6.07, 6.45) is 2.93. The van der Waals surface area contributed by atoms with E-state index in [0.29, 0.717) is 11.6 Å². The van der Waals surface area contributed by atoms with Crippen LogP contribution >= 0.6 is 39.1 Å². The Morgan fingerprint density at radius 2 is 1.65 bits per heavy atom. The first-order valence-electron chi connectivity index (χ1n) is 7.56. The number of unbranched alkanes of at least 4 members (excludes halogenated alkanes) is 1. The second kappa shape index (κ2) is 7.27. The van der Waals surface area contributed by atoms with Gasteiger partial charge < -0.3 is 10.7 Å². The number of benzene rings is 2. The molecule has 0 fully saturated rings. The molecule has 0 saturated carbocycles. The lowest BCUT2D eigenvalue weighted by Crippen LogP contribution is -1.99. The summed E-state index contributed by atoms with van der Waals surface area (Å²) in [5.74, 6) is 0. The summed E-state index contributed by atoms with van der Waals surface area (Å²) in [4.78, 5) is 3.47. The Kier molecular flexibility index (Phi) is 5.32. The normalized spacial score (nSPS) is 11.3. The maximum absolute atomic E-state index is 6.46. The fraction of sp³-hybridized carbons (Fsp3) is 0.222. The van der Waals surface area contributed by atoms with Gasteiger partial charge in [-0.1, -0.05) is 51.3 Å². The van der Waals surface area contributed by atoms with Gasteiger partial charge in [0.15, 0.2) is 0 Å². The van der Waals surface area contributed by atoms with Crippen molar-refractivity contribution in [3.05, 3.63) is 56.5 Å². The van der Waals surface area contributed by atoms with Crippen molar-refractivity contribution in [2.75, 3.05) is 6.54 Å². The molecule has 3 aromatic rings. The third-order valence-electron chi connectivity index (χ3n) is 3.97. The highest BCUT2D eigenvalue weighted by Gasteiger charge is 2.17. The zero-order valence-corrected chi connectivity index (χ0v) is 15.6. The first-order valence-corrected chi connectivity index (χ1v) is 9.11. The quantitative estimate of drug-likeness (QED) is 0.483. The maximum atomic E-state index is 6.46. The van der Waals surface area contributed by atoms with Crippen LogP contribution in [0.2, 0.25) is 10.0 Å². The maximum Gasteiger partial charge on any atom is 0.0666 e. The zero-order chi connectivity index (χ0) is 16.4. The third-order valence-corrected chi connectivity index (χ3v) is 5.13. The van der Waals surface area contributed by atoms with Crippen LogP contribution in [-0.2, 0) is 6.42 Å². The van der Waals surface area contributed by atoms with Crippen LogP contribution in [0.3, 0.4) is 0 Å². The second-order valence-corrected chi connectivity index (χ2v) is 7.24. The van der Waals surface area contributed by atoms with E-state index in [1.54, 1.807) is 0 Å². The molecule has 0 radical (unpaired) electrons. The fourth-order valence-corrected chi connectivity index (χ4v) is 3.59. The lowest BCUT2D eigenvalue weighted by Gasteiger charge is -2.06. The number of aromatic amines is 1. The van der Waals surface area contributed by atoms with Crippen molar-refractivity contribution in [2.45, 2.75) is 19.3 Å². The number of nitrogens with two attached hydrogens (primary N) is 1. The molecule has 0 bridgehead atoms. The van der Waals surface area contributed by atoms with E-state index in [9.17, 15) is 0 Å². The molecule has 5 heteroatoms. The minimum Gasteiger partial charge on any atom is -0.353 e. The summed E-state index contributed by atoms with van der Waals surface area (Å²) in [6.45, 7) is 0.699. The van der Waals surface area contributed by atoms with E-state index in [4.69, 9.17) is 28.9 Å². The first kappa shape index (κ1) is 16.8. The van der Waals surface area contributed by atoms with E-state index in [0.717, 1.165) is 50.9 Å². The molecule has 0 aliphatic carbocycles. The Morgan fingerprint density at radius 1 is 0.957 bits per heavy atom. The average Bonchev–Trinajstić information content (AvgIpc) is 2.93. The number of fused-ring (bicyclic) bond motifs is 1. The van der Waals surface area contributed by atoms with Gasteiger partial charge in [0, 0.05) is 15.6 Å². The number of nitrogens with one attached hydrogen (secondary N) is 1. The largest absolute Gasteiger partial charge is 0.353 e. The highest BCUT2D eigenvalue weighted by atomic mass is 79.9. The Labute approximate surface area is 154 Å². The van der Waals surface area contributed by atoms with Crippen LogP contribution in [0.25, 0.3) is 22.2 Å². The van der Waals surface area contributed by atoms with Crippen molar-refractivity contribution in [1.82, 2.24) is 4.98 Å². The van der Waals surface area contributed by atoms with Crippen LogP contribution in [0.5, 0.6) is 0 Å². The minimum atomic E-state index is 0.688. The van der Waals surface area contributed by atoms with Crippen LogP contribution in [-0.4, -0.2) is 11.5 Å². The smallest absolute Gasteiger partial charge is 0.0666 e. The molecule has 0 aliphatic heterocycles. The molecule has 1 aromatic heterocycles. The number of hydrogen-bond acceptors (Lipinski definition) is 1. The molecule has 0 saturated heterocycles. The van der Waals surface area contributed by atoms with Crippen LogP contribution in [0, 0.1) is 0 Å². The van der Waals surface area contributed by atoms with E-state index >= 15 is 0 Å². The van der Waals surface area contributed by atoms with Crippen LogP contribution in [0.15, 0.2) is 40.9 Å². The summed E-state index contributed by atoms with van der Waals surface area (Å²) >= 11 is 16.3. The van der Waals surface area contributed by atoms with Gasteiger partial charge in [0.05, 0.1) is 15.6 Å². The van der Waals surface area contributed by atoms with Crippen molar-refractivity contribution in [3.63, 3.8) is 0 Å². The molecule has 23 heavy (non-hydrogen) atoms. The zero-order valence-electron chi connectivity index (χ0n) is 12.5. The molecule has 120 valence electrons. The highest BCUT2D eigenvalue weighted by Crippen LogP contribution is 2.38. The molecule has 0 spiro atoms. The molecule has 3 N–H and O–H groups in total. The fourth-order valence-electron chi connectivity index (χ4n) is 2.85. The van der Waals surface area contributed by atoms with E-state index in [1.807, 2.05) is 24.3 Å². The molecular weight excluding hydrogens is 395 g/mol. The van der Waals surface area contributed by atoms with Crippen LogP contribution in [0.4, 0.5) is 0 Å². The predicted octanol–water partition coefficient (Wildman–Crippen LogP) is 6.19. The molecule has 3 rings (SSSR count). The third kappa shape index (κ3) is 3.43. The lowest BCUT2D eigenvalue weighted by atomic mass is 10.0. The van der Waals surface area contributed by atoms with Gasteiger partial charge in [-0.2, -0.15) is 0 Å². The summed E-state index contributed by atoms with van der Waals surface area (Å²) in [5.41, 5.74) is 9.96. The molecule has 0 amide bonds. The SMILES string of the molecule is NCCCCc1c(-c2ccc(Br)cc2)[nH]c2c(Cl)ccc(Cl)c12. The van der Waals surface area contributed by atoms with Crippen molar-refractivity contribution in [1.29, 1.82) is 0 Å². The Bertz CT molecular complexity index is 825. The summed E-state index contributed by atoms with van der Waals surface area (Å²) in [5, 5.41) is 2.44. The number of H-pyrrole nitrogens is 1. The van der Waals surface area contributed by atoms with Gasteiger partial charge in [-0.3, -0.25) is 0 Å². The van der Waals surface area contributed by atoms with Gasteiger partial charge in [-0.25, -0.2) is 0 Å². The number of aryl methyl sites for hydroxylation is 1. The monoisotopic (exact) mass is 410 g/mol. The number of aromatic nitrogens is 1. The van der Waals surface area contributed by atoms with Crippen LogP contribution < -0.4 is 5.73 Å². The second-order valence-electron chi connectivity index (χ2n) is 5.51. The highest BCUT2D eigenvalue weighted by molar-refractivity contribution is 9.10. The van der Waals surface area contributed by atoms with Gasteiger partial charge >= 0.3 is 0 Å². The van der Waals surface area contributed by atoms with E-state index in [1.165, 1.54) is 5.56 Å². The molecule has 2 aromatic carbocycles. The molecule has 1 heterocycles. The van der Waals surface area contributed by atoms with Crippen LogP contribution in [0.1, 0.15) is 18.4 Å². The Morgan fingerprint density at radius 3 is 2.35 bits per heavy atom. The van der Waals surface area contributed by atoms with Gasteiger partial charge in [-0.15, -0.1) is 0 Å². The van der Waals surface area contributed by atoms with Gasteiger partial charge in [0.1, 0.15) is 0 Å². The van der Waals surface area contributed by atoms with E-state index < -0.39 is 0 Å². The topological polar surface area (TPSA) is 41.8 Å². The van der Waals surface area contributed by atoms with E-state index in [-0.39, 0.29) is 0 Å². The molecule has 0 aliphatic rings. The van der Waals surface area contributed by atoms with Gasteiger partial charge in [-0.05, 0) is 61.2 Å². The summed E-state index contributed by atoms with van der Waals surface area (Å²) < 4.78 is 1.05. The average molecular weight is 412 g/mol. The van der Waals surface area contributed by atoms with Crippen molar-refractivity contribution < 1.29 is 0 Å². The van der Waals surface area contributed by atoms with E-state index in [2.05, 4.69) is 33.0 Å². The minimum absolute atomic E-state index is 0.688. The summed E-state index contributed by atoms with van der Waals surface area (Å²) in [6, 6.07) is 11.9.